The highest BCUT2D eigenvalue weighted by molar-refractivity contribution is 7.92. The molecular formula is C29H28N2O9S. The minimum Gasteiger partial charge on any atom is -0.478 e. The summed E-state index contributed by atoms with van der Waals surface area (Å²) in [5.41, 5.74) is 0.291. The number of sulfone groups is 1. The number of anilines is 1. The Kier molecular flexibility index (Phi) is 8.15. The number of aromatic carboxylic acids is 2. The van der Waals surface area contributed by atoms with Crippen LogP contribution in [-0.2, 0) is 24.1 Å². The number of carboxylic acid groups (broad SMARTS) is 2. The molecule has 1 amide bonds. The zero-order chi connectivity index (χ0) is 29.1. The first kappa shape index (κ1) is 28.4. The van der Waals surface area contributed by atoms with Crippen LogP contribution >= 0.6 is 0 Å². The van der Waals surface area contributed by atoms with Crippen LogP contribution in [0.15, 0.2) is 65.7 Å². The molecule has 3 N–H and O–H groups in total. The van der Waals surface area contributed by atoms with Gasteiger partial charge in [-0.1, -0.05) is 24.3 Å². The number of nitrogens with zero attached hydrogens (tertiary/aromatic N) is 1. The Hall–Kier alpha value is -4.13. The topological polar surface area (TPSA) is 169 Å². The van der Waals surface area contributed by atoms with Gasteiger partial charge in [0, 0.05) is 25.0 Å². The van der Waals surface area contributed by atoms with Gasteiger partial charge in [-0.3, -0.25) is 4.79 Å². The second-order valence-corrected chi connectivity index (χ2v) is 12.1. The van der Waals surface area contributed by atoms with Crippen LogP contribution in [0.4, 0.5) is 5.82 Å². The molecule has 12 heteroatoms. The maximum absolute atomic E-state index is 13.4. The predicted octanol–water partition coefficient (Wildman–Crippen LogP) is 3.96. The van der Waals surface area contributed by atoms with Crippen LogP contribution in [0.1, 0.15) is 58.1 Å². The van der Waals surface area contributed by atoms with Crippen molar-refractivity contribution in [1.82, 2.24) is 4.98 Å². The third kappa shape index (κ3) is 6.29. The number of rotatable bonds is 10. The molecule has 5 rings (SSSR count). The number of hydrogen-bond donors (Lipinski definition) is 3. The molecule has 0 radical (unpaired) electrons. The van der Waals surface area contributed by atoms with Gasteiger partial charge in [-0.2, -0.15) is 0 Å². The maximum atomic E-state index is 13.4. The van der Waals surface area contributed by atoms with Crippen LogP contribution < -0.4 is 5.32 Å². The molecule has 2 heterocycles. The highest BCUT2D eigenvalue weighted by Gasteiger charge is 2.37. The molecular weight excluding hydrogens is 552 g/mol. The second kappa shape index (κ2) is 11.8. The zero-order valence-electron chi connectivity index (χ0n) is 21.9. The van der Waals surface area contributed by atoms with Gasteiger partial charge in [0.2, 0.25) is 0 Å². The number of ether oxygens (including phenoxy) is 2. The van der Waals surface area contributed by atoms with Crippen molar-refractivity contribution < 1.29 is 42.5 Å². The molecule has 11 nitrogen and oxygen atoms in total. The largest absolute Gasteiger partial charge is 0.478 e. The van der Waals surface area contributed by atoms with E-state index in [1.54, 1.807) is 12.1 Å². The summed E-state index contributed by atoms with van der Waals surface area (Å²) in [6, 6.07) is 13.3. The van der Waals surface area contributed by atoms with Gasteiger partial charge in [0.15, 0.2) is 15.9 Å². The van der Waals surface area contributed by atoms with Crippen LogP contribution in [0.25, 0.3) is 11.1 Å². The summed E-state index contributed by atoms with van der Waals surface area (Å²) < 4.78 is 36.8. The van der Waals surface area contributed by atoms with E-state index in [2.05, 4.69) is 10.3 Å². The lowest BCUT2D eigenvalue weighted by Crippen LogP contribution is -2.31. The normalized spacial score (nSPS) is 16.6. The Balaban J connectivity index is 1.38. The van der Waals surface area contributed by atoms with Gasteiger partial charge in [-0.15, -0.1) is 0 Å². The van der Waals surface area contributed by atoms with Crippen molar-refractivity contribution in [3.05, 3.63) is 77.5 Å². The molecule has 2 aromatic carbocycles. The number of amides is 1. The number of benzene rings is 2. The molecule has 0 bridgehead atoms. The highest BCUT2D eigenvalue weighted by Crippen LogP contribution is 2.34. The summed E-state index contributed by atoms with van der Waals surface area (Å²) in [4.78, 5) is 41.2. The third-order valence-corrected chi connectivity index (χ3v) is 9.32. The third-order valence-electron chi connectivity index (χ3n) is 7.04. The molecule has 2 aliphatic rings. The van der Waals surface area contributed by atoms with E-state index in [-0.39, 0.29) is 38.8 Å². The van der Waals surface area contributed by atoms with E-state index < -0.39 is 33.8 Å². The lowest BCUT2D eigenvalue weighted by molar-refractivity contribution is -0.136. The van der Waals surface area contributed by atoms with Crippen molar-refractivity contribution in [3.8, 4) is 11.1 Å². The molecule has 1 aromatic heterocycles. The van der Waals surface area contributed by atoms with Crippen molar-refractivity contribution in [1.29, 1.82) is 0 Å². The van der Waals surface area contributed by atoms with Gasteiger partial charge in [-0.25, -0.2) is 23.0 Å². The van der Waals surface area contributed by atoms with Gasteiger partial charge < -0.3 is 25.0 Å². The lowest BCUT2D eigenvalue weighted by atomic mass is 9.96. The number of nitrogens with one attached hydrogen (secondary N) is 1. The Bertz CT molecular complexity index is 1560. The summed E-state index contributed by atoms with van der Waals surface area (Å²) in [5.74, 6) is -3.11. The van der Waals surface area contributed by atoms with E-state index in [4.69, 9.17) is 9.47 Å². The second-order valence-electron chi connectivity index (χ2n) is 9.90. The summed E-state index contributed by atoms with van der Waals surface area (Å²) in [6.45, 7) is 1.00. The average Bonchev–Trinajstić information content (AvgIpc) is 3.83. The molecule has 1 saturated carbocycles. The van der Waals surface area contributed by atoms with E-state index in [0.29, 0.717) is 50.0 Å². The lowest BCUT2D eigenvalue weighted by Gasteiger charge is -2.27. The minimum absolute atomic E-state index is 0.165. The summed E-state index contributed by atoms with van der Waals surface area (Å²) >= 11 is 0. The fourth-order valence-corrected chi connectivity index (χ4v) is 6.38. The van der Waals surface area contributed by atoms with Crippen LogP contribution in [0.3, 0.4) is 0 Å². The number of carboxylic acids is 2. The fraction of sp³-hybridized carbons (Fsp3) is 0.310. The Morgan fingerprint density at radius 1 is 0.927 bits per heavy atom. The van der Waals surface area contributed by atoms with E-state index in [9.17, 15) is 33.0 Å². The van der Waals surface area contributed by atoms with Crippen LogP contribution in [0.5, 0.6) is 0 Å². The number of aromatic nitrogens is 1. The summed E-state index contributed by atoms with van der Waals surface area (Å²) in [6.07, 6.45) is 2.56. The van der Waals surface area contributed by atoms with E-state index in [0.717, 1.165) is 0 Å². The van der Waals surface area contributed by atoms with Crippen molar-refractivity contribution in [2.24, 2.45) is 0 Å². The zero-order valence-corrected chi connectivity index (χ0v) is 22.7. The molecule has 1 aliphatic heterocycles. The van der Waals surface area contributed by atoms with Crippen molar-refractivity contribution in [2.75, 3.05) is 18.5 Å². The fourth-order valence-electron chi connectivity index (χ4n) is 4.72. The average molecular weight is 581 g/mol. The highest BCUT2D eigenvalue weighted by atomic mass is 32.2. The van der Waals surface area contributed by atoms with Gasteiger partial charge in [0.25, 0.3) is 5.91 Å². The minimum atomic E-state index is -3.38. The van der Waals surface area contributed by atoms with Gasteiger partial charge in [-0.05, 0) is 67.1 Å². The Morgan fingerprint density at radius 2 is 1.63 bits per heavy atom. The molecule has 1 saturated heterocycles. The van der Waals surface area contributed by atoms with E-state index in [1.807, 2.05) is 0 Å². The van der Waals surface area contributed by atoms with E-state index >= 15 is 0 Å². The van der Waals surface area contributed by atoms with Gasteiger partial charge >= 0.3 is 11.9 Å². The maximum Gasteiger partial charge on any atom is 0.337 e. The number of hydrogen-bond acceptors (Lipinski definition) is 8. The van der Waals surface area contributed by atoms with E-state index in [1.165, 1.54) is 48.7 Å². The Labute approximate surface area is 236 Å². The number of carbonyl (C=O) groups is 3. The SMILES string of the molecule is O=C(O)c1cccc(-c2ccc(NC(=O)C(OC3CCOCC3)c3ccc(S(=O)(=O)C4CC4)cc3)nc2)c1C(=O)O. The monoisotopic (exact) mass is 580 g/mol. The first-order chi connectivity index (χ1) is 19.6. The molecule has 1 unspecified atom stereocenters. The molecule has 41 heavy (non-hydrogen) atoms. The number of carbonyl (C=O) groups excluding carboxylic acids is 1. The quantitative estimate of drug-likeness (QED) is 0.319. The Morgan fingerprint density at radius 3 is 2.22 bits per heavy atom. The van der Waals surface area contributed by atoms with Crippen LogP contribution in [0, 0.1) is 0 Å². The van der Waals surface area contributed by atoms with Gasteiger partial charge in [0.05, 0.1) is 27.4 Å². The molecule has 0 spiro atoms. The van der Waals surface area contributed by atoms with Crippen molar-refractivity contribution >= 4 is 33.5 Å². The molecule has 214 valence electrons. The molecule has 3 aromatic rings. The number of pyridine rings is 1. The smallest absolute Gasteiger partial charge is 0.337 e. The van der Waals surface area contributed by atoms with Crippen LogP contribution in [-0.4, -0.2) is 66.0 Å². The van der Waals surface area contributed by atoms with Gasteiger partial charge in [0.1, 0.15) is 5.82 Å². The van der Waals surface area contributed by atoms with Crippen molar-refractivity contribution in [3.63, 3.8) is 0 Å². The molecule has 2 fully saturated rings. The van der Waals surface area contributed by atoms with Crippen LogP contribution in [0.2, 0.25) is 0 Å². The first-order valence-corrected chi connectivity index (χ1v) is 14.6. The predicted molar refractivity (Wildman–Crippen MR) is 147 cm³/mol. The summed E-state index contributed by atoms with van der Waals surface area (Å²) in [7, 11) is -3.38. The summed E-state index contributed by atoms with van der Waals surface area (Å²) in [5, 5.41) is 21.4. The first-order valence-electron chi connectivity index (χ1n) is 13.1. The molecule has 1 aliphatic carbocycles. The molecule has 1 atom stereocenters. The van der Waals surface area contributed by atoms with Crippen molar-refractivity contribution in [2.45, 2.75) is 48.0 Å². The standard InChI is InChI=1S/C29H28N2O9S/c32-27(31-24-11-6-18(16-30-24)22-2-1-3-23(28(33)34)25(22)29(35)36)26(40-19-12-14-39-15-13-19)17-4-7-20(8-5-17)41(37,38)21-9-10-21/h1-8,11,16,19,21,26H,9-10,12-15H2,(H,33,34)(H,35,36)(H,30,31,32).